The van der Waals surface area contributed by atoms with E-state index in [1.165, 1.54) is 5.56 Å². The summed E-state index contributed by atoms with van der Waals surface area (Å²) in [7, 11) is 0. The van der Waals surface area contributed by atoms with E-state index in [1.54, 1.807) is 0 Å². The number of halogens is 1. The van der Waals surface area contributed by atoms with E-state index in [1.807, 2.05) is 42.7 Å². The summed E-state index contributed by atoms with van der Waals surface area (Å²) in [6, 6.07) is 12.4. The molecule has 0 saturated heterocycles. The summed E-state index contributed by atoms with van der Waals surface area (Å²) in [4.78, 5) is 13.2. The molecule has 140 valence electrons. The third kappa shape index (κ3) is 3.72. The first-order valence-electron chi connectivity index (χ1n) is 9.14. The Kier molecular flexibility index (Phi) is 5.56. The minimum atomic E-state index is -0.110. The van der Waals surface area contributed by atoms with Gasteiger partial charge in [0.25, 0.3) is 5.91 Å². The molecule has 0 aliphatic rings. The van der Waals surface area contributed by atoms with E-state index in [2.05, 4.69) is 59.9 Å². The van der Waals surface area contributed by atoms with E-state index in [4.69, 9.17) is 0 Å². The molecule has 1 aromatic heterocycles. The van der Waals surface area contributed by atoms with Crippen LogP contribution in [0.4, 0.5) is 5.69 Å². The molecule has 0 radical (unpaired) electrons. The minimum absolute atomic E-state index is 0.110. The highest BCUT2D eigenvalue weighted by atomic mass is 79.9. The number of hydrogen-bond donors (Lipinski definition) is 1. The van der Waals surface area contributed by atoms with Gasteiger partial charge in [-0.05, 0) is 76.7 Å². The second-order valence-electron chi connectivity index (χ2n) is 7.24. The molecular weight excluding hydrogens is 400 g/mol. The third-order valence-corrected chi connectivity index (χ3v) is 5.56. The summed E-state index contributed by atoms with van der Waals surface area (Å²) in [6.07, 6.45) is 1.83. The van der Waals surface area contributed by atoms with Crippen LogP contribution in [0.25, 0.3) is 10.9 Å². The second-order valence-corrected chi connectivity index (χ2v) is 8.10. The Labute approximate surface area is 169 Å². The van der Waals surface area contributed by atoms with Crippen molar-refractivity contribution in [2.45, 2.75) is 40.2 Å². The van der Waals surface area contributed by atoms with Crippen molar-refractivity contribution >= 4 is 38.4 Å². The van der Waals surface area contributed by atoms with Crippen LogP contribution in [0.5, 0.6) is 0 Å². The highest BCUT2D eigenvalue weighted by molar-refractivity contribution is 9.10. The molecule has 4 heteroatoms. The van der Waals surface area contributed by atoms with E-state index in [9.17, 15) is 4.79 Å². The van der Waals surface area contributed by atoms with Crippen LogP contribution in [0, 0.1) is 13.8 Å². The lowest BCUT2D eigenvalue weighted by molar-refractivity contribution is 0.101. The summed E-state index contributed by atoms with van der Waals surface area (Å²) in [5.41, 5.74) is 5.91. The van der Waals surface area contributed by atoms with Crippen LogP contribution in [0.3, 0.4) is 0 Å². The topological polar surface area (TPSA) is 34.0 Å². The zero-order valence-electron chi connectivity index (χ0n) is 16.3. The first-order valence-corrected chi connectivity index (χ1v) is 9.94. The number of allylic oxidation sites excluding steroid dienone is 1. The molecule has 27 heavy (non-hydrogen) atoms. The Morgan fingerprint density at radius 2 is 1.96 bits per heavy atom. The Morgan fingerprint density at radius 1 is 1.22 bits per heavy atom. The van der Waals surface area contributed by atoms with E-state index in [0.717, 1.165) is 32.2 Å². The summed E-state index contributed by atoms with van der Waals surface area (Å²) in [5.74, 6) is 0.332. The minimum Gasteiger partial charge on any atom is -0.332 e. The molecule has 0 atom stereocenters. The molecule has 0 spiro atoms. The number of nitrogens with one attached hydrogen (secondary N) is 1. The fourth-order valence-electron chi connectivity index (χ4n) is 3.41. The number of anilines is 1. The quantitative estimate of drug-likeness (QED) is 0.460. The highest BCUT2D eigenvalue weighted by Crippen LogP contribution is 2.31. The Bertz CT molecular complexity index is 1030. The summed E-state index contributed by atoms with van der Waals surface area (Å²) >= 11 is 3.54. The van der Waals surface area contributed by atoms with Gasteiger partial charge in [0.1, 0.15) is 5.69 Å². The third-order valence-electron chi connectivity index (χ3n) is 4.91. The molecule has 0 saturated carbocycles. The highest BCUT2D eigenvalue weighted by Gasteiger charge is 2.21. The number of nitrogens with zero attached hydrogens (tertiary/aromatic N) is 1. The Hall–Kier alpha value is -2.33. The number of carbonyl (C=O) groups is 1. The number of aromatic nitrogens is 1. The van der Waals surface area contributed by atoms with Gasteiger partial charge >= 0.3 is 0 Å². The monoisotopic (exact) mass is 424 g/mol. The molecule has 2 aromatic carbocycles. The van der Waals surface area contributed by atoms with Gasteiger partial charge in [-0.3, -0.25) is 4.79 Å². The lowest BCUT2D eigenvalue weighted by Crippen LogP contribution is -2.18. The van der Waals surface area contributed by atoms with Gasteiger partial charge in [-0.2, -0.15) is 0 Å². The van der Waals surface area contributed by atoms with Crippen LogP contribution in [0.2, 0.25) is 0 Å². The molecular formula is C23H25BrN2O. The normalized spacial score (nSPS) is 11.2. The maximum atomic E-state index is 13.2. The van der Waals surface area contributed by atoms with Gasteiger partial charge in [0.2, 0.25) is 0 Å². The van der Waals surface area contributed by atoms with Crippen molar-refractivity contribution in [2.24, 2.45) is 0 Å². The largest absolute Gasteiger partial charge is 0.332 e. The predicted octanol–water partition coefficient (Wildman–Crippen LogP) is 6.58. The average molecular weight is 425 g/mol. The predicted molar refractivity (Wildman–Crippen MR) is 118 cm³/mol. The van der Waals surface area contributed by atoms with Gasteiger partial charge in [0, 0.05) is 21.9 Å². The maximum absolute atomic E-state index is 13.2. The number of hydrogen-bond acceptors (Lipinski definition) is 1. The van der Waals surface area contributed by atoms with Crippen molar-refractivity contribution in [3.8, 4) is 0 Å². The van der Waals surface area contributed by atoms with Gasteiger partial charge in [-0.25, -0.2) is 0 Å². The van der Waals surface area contributed by atoms with Gasteiger partial charge < -0.3 is 9.88 Å². The van der Waals surface area contributed by atoms with E-state index < -0.39 is 0 Å². The van der Waals surface area contributed by atoms with E-state index >= 15 is 0 Å². The summed E-state index contributed by atoms with van der Waals surface area (Å²) in [5, 5.41) is 4.17. The van der Waals surface area contributed by atoms with Crippen molar-refractivity contribution < 1.29 is 4.79 Å². The zero-order valence-corrected chi connectivity index (χ0v) is 17.9. The van der Waals surface area contributed by atoms with Gasteiger partial charge in [0.15, 0.2) is 0 Å². The van der Waals surface area contributed by atoms with Crippen LogP contribution in [0.1, 0.15) is 46.9 Å². The summed E-state index contributed by atoms with van der Waals surface area (Å²) < 4.78 is 2.92. The fourth-order valence-corrected chi connectivity index (χ4v) is 4.01. The SMILES string of the molecule is C=CCn1c(C(=O)Nc2ccc(C)cc2Br)c(C)c2cc(C(C)C)ccc21. The smallest absolute Gasteiger partial charge is 0.272 e. The van der Waals surface area contributed by atoms with Gasteiger partial charge in [0.05, 0.1) is 5.69 Å². The molecule has 3 rings (SSSR count). The first kappa shape index (κ1) is 19.4. The molecule has 0 fully saturated rings. The Morgan fingerprint density at radius 3 is 2.59 bits per heavy atom. The lowest BCUT2D eigenvalue weighted by atomic mass is 10.0. The average Bonchev–Trinajstić information content (AvgIpc) is 2.89. The molecule has 3 aromatic rings. The molecule has 0 unspecified atom stereocenters. The number of carbonyl (C=O) groups excluding carboxylic acids is 1. The van der Waals surface area contributed by atoms with Crippen LogP contribution in [-0.4, -0.2) is 10.5 Å². The zero-order chi connectivity index (χ0) is 19.7. The molecule has 0 bridgehead atoms. The van der Waals surface area contributed by atoms with Crippen LogP contribution >= 0.6 is 15.9 Å². The van der Waals surface area contributed by atoms with Crippen molar-refractivity contribution in [1.29, 1.82) is 0 Å². The molecule has 1 N–H and O–H groups in total. The molecule has 0 aliphatic carbocycles. The molecule has 1 amide bonds. The lowest BCUT2D eigenvalue weighted by Gasteiger charge is -2.12. The van der Waals surface area contributed by atoms with E-state index in [0.29, 0.717) is 18.2 Å². The fraction of sp³-hybridized carbons (Fsp3) is 0.261. The van der Waals surface area contributed by atoms with Crippen LogP contribution < -0.4 is 5.32 Å². The maximum Gasteiger partial charge on any atom is 0.272 e. The number of fused-ring (bicyclic) bond motifs is 1. The van der Waals surface area contributed by atoms with Crippen molar-refractivity contribution in [2.75, 3.05) is 5.32 Å². The molecule has 3 nitrogen and oxygen atoms in total. The standard InChI is InChI=1S/C23H25BrN2O/c1-6-11-26-21-10-8-17(14(2)3)13-18(21)16(5)22(26)23(27)25-20-9-7-15(4)12-19(20)24/h6-10,12-14H,1,11H2,2-5H3,(H,25,27). The summed E-state index contributed by atoms with van der Waals surface area (Å²) in [6.45, 7) is 12.9. The van der Waals surface area contributed by atoms with Gasteiger partial charge in [-0.15, -0.1) is 6.58 Å². The first-order chi connectivity index (χ1) is 12.8. The number of rotatable bonds is 5. The van der Waals surface area contributed by atoms with Crippen molar-refractivity contribution in [3.63, 3.8) is 0 Å². The van der Waals surface area contributed by atoms with E-state index in [-0.39, 0.29) is 5.91 Å². The van der Waals surface area contributed by atoms with Gasteiger partial charge in [-0.1, -0.05) is 32.1 Å². The second kappa shape index (κ2) is 7.73. The van der Waals surface area contributed by atoms with Crippen LogP contribution in [-0.2, 0) is 6.54 Å². The molecule has 0 aliphatic heterocycles. The molecule has 1 heterocycles. The Balaban J connectivity index is 2.11. The van der Waals surface area contributed by atoms with Crippen LogP contribution in [0.15, 0.2) is 53.5 Å². The van der Waals surface area contributed by atoms with Crippen molar-refractivity contribution in [1.82, 2.24) is 4.57 Å². The number of amides is 1. The number of aryl methyl sites for hydroxylation is 2. The van der Waals surface area contributed by atoms with Crippen molar-refractivity contribution in [3.05, 3.63) is 75.9 Å². The number of benzene rings is 2.